The fourth-order valence-corrected chi connectivity index (χ4v) is 12.2. The third-order valence-electron chi connectivity index (χ3n) is 14.3. The highest BCUT2D eigenvalue weighted by atomic mass is 35.5. The fraction of sp³-hybridized carbons (Fsp3) is 0.659. The van der Waals surface area contributed by atoms with Crippen molar-refractivity contribution in [1.29, 1.82) is 0 Å². The lowest BCUT2D eigenvalue weighted by molar-refractivity contribution is -0.127. The van der Waals surface area contributed by atoms with Crippen LogP contribution in [0.4, 0.5) is 5.69 Å². The van der Waals surface area contributed by atoms with E-state index in [-0.39, 0.29) is 17.3 Å². The molecule has 7 atom stereocenters. The number of amides is 1. The molecule has 1 spiro atoms. The molecular formula is C44H61ClN4O6S. The number of piperazine rings is 1. The Labute approximate surface area is 339 Å². The first-order valence-electron chi connectivity index (χ1n) is 21.1. The maximum Gasteiger partial charge on any atom is 0.264 e. The van der Waals surface area contributed by atoms with E-state index in [4.69, 9.17) is 25.8 Å². The van der Waals surface area contributed by atoms with E-state index in [1.54, 1.807) is 20.1 Å². The molecule has 2 bridgehead atoms. The SMILES string of the molecule is COCCO[C@]1(CN2CCN3CCCC[C@@H]3C2)/C=C\C[C@H](C)[C@@H](C)S(=O)(=O)NC(=O)c2ccc3c(c2)N(C[C@@H]2CC[C@H]21)C[C@@]1(CCCc2cc(Cl)ccc21)CO3. The predicted molar refractivity (Wildman–Crippen MR) is 221 cm³/mol. The van der Waals surface area contributed by atoms with Crippen molar-refractivity contribution in [2.45, 2.75) is 93.9 Å². The van der Waals surface area contributed by atoms with E-state index in [1.807, 2.05) is 25.1 Å². The summed E-state index contributed by atoms with van der Waals surface area (Å²) in [6, 6.07) is 12.3. The number of rotatable bonds is 6. The number of nitrogens with one attached hydrogen (secondary N) is 1. The van der Waals surface area contributed by atoms with Gasteiger partial charge in [0.25, 0.3) is 5.91 Å². The van der Waals surface area contributed by atoms with Crippen molar-refractivity contribution in [3.63, 3.8) is 0 Å². The van der Waals surface area contributed by atoms with Gasteiger partial charge in [-0.15, -0.1) is 0 Å². The summed E-state index contributed by atoms with van der Waals surface area (Å²) < 4.78 is 49.4. The van der Waals surface area contributed by atoms with E-state index in [0.29, 0.717) is 56.1 Å². The van der Waals surface area contributed by atoms with Crippen LogP contribution in [0.5, 0.6) is 5.75 Å². The molecule has 4 aliphatic heterocycles. The minimum atomic E-state index is -3.98. The maximum absolute atomic E-state index is 13.7. The van der Waals surface area contributed by atoms with Crippen LogP contribution in [0.3, 0.4) is 0 Å². The Kier molecular flexibility index (Phi) is 11.8. The molecule has 1 N–H and O–H groups in total. The summed E-state index contributed by atoms with van der Waals surface area (Å²) in [5, 5.41) is -0.0397. The number of carbonyl (C=O) groups is 1. The number of hydrogen-bond donors (Lipinski definition) is 1. The minimum absolute atomic E-state index is 0.232. The number of nitrogens with zero attached hydrogens (tertiary/aromatic N) is 3. The number of methoxy groups -OCH3 is 1. The first-order valence-corrected chi connectivity index (χ1v) is 23.1. The smallest absolute Gasteiger partial charge is 0.264 e. The molecule has 2 aromatic rings. The van der Waals surface area contributed by atoms with Gasteiger partial charge in [-0.2, -0.15) is 0 Å². The molecule has 4 heterocycles. The van der Waals surface area contributed by atoms with Crippen LogP contribution in [0.15, 0.2) is 48.6 Å². The Morgan fingerprint density at radius 2 is 1.88 bits per heavy atom. The lowest BCUT2D eigenvalue weighted by Crippen LogP contribution is -2.61. The molecule has 2 saturated heterocycles. The summed E-state index contributed by atoms with van der Waals surface area (Å²) in [6.07, 6.45) is 13.9. The van der Waals surface area contributed by atoms with Crippen LogP contribution in [0.2, 0.25) is 5.02 Å². The molecule has 0 radical (unpaired) electrons. The molecular weight excluding hydrogens is 748 g/mol. The molecule has 56 heavy (non-hydrogen) atoms. The standard InChI is InChI=1S/C44H61ClN4O6S/c1-31-8-6-18-44(55-23-22-53-3,29-47-20-21-48-19-5-4-10-37(48)27-47)39-14-11-35(39)26-49-28-43(17-7-9-33-24-36(45)13-15-38(33)43)30-54-41-16-12-34(25-40(41)49)42(50)46-56(51,52)32(31)2/h6,12-13,15-16,18,24-25,31-32,35,37,39H,4-5,7-11,14,17,19-23,26-30H2,1-3H3,(H,46,50)/b18-6-/t31-,32+,35-,37+,39+,43-,44-/m0/s1. The highest BCUT2D eigenvalue weighted by Crippen LogP contribution is 2.49. The van der Waals surface area contributed by atoms with Gasteiger partial charge in [0, 0.05) is 68.4 Å². The largest absolute Gasteiger partial charge is 0.490 e. The quantitative estimate of drug-likeness (QED) is 0.261. The molecule has 10 nitrogen and oxygen atoms in total. The number of halogens is 1. The first-order chi connectivity index (χ1) is 27.0. The topological polar surface area (TPSA) is 101 Å². The molecule has 0 unspecified atom stereocenters. The minimum Gasteiger partial charge on any atom is -0.490 e. The number of allylic oxidation sites excluding steroid dienone is 1. The van der Waals surface area contributed by atoms with Gasteiger partial charge in [-0.3, -0.25) is 14.6 Å². The van der Waals surface area contributed by atoms with Crippen molar-refractivity contribution in [2.75, 3.05) is 77.6 Å². The molecule has 12 heteroatoms. The van der Waals surface area contributed by atoms with E-state index >= 15 is 0 Å². The Morgan fingerprint density at radius 1 is 1.00 bits per heavy atom. The van der Waals surface area contributed by atoms with Crippen molar-refractivity contribution in [3.05, 3.63) is 70.3 Å². The van der Waals surface area contributed by atoms with Crippen LogP contribution < -0.4 is 14.4 Å². The zero-order valence-electron chi connectivity index (χ0n) is 33.5. The number of fused-ring (bicyclic) bond motifs is 5. The zero-order valence-corrected chi connectivity index (χ0v) is 35.1. The van der Waals surface area contributed by atoms with Crippen LogP contribution in [-0.4, -0.2) is 114 Å². The number of sulfonamides is 1. The second kappa shape index (κ2) is 16.5. The van der Waals surface area contributed by atoms with Gasteiger partial charge < -0.3 is 19.1 Å². The van der Waals surface area contributed by atoms with Gasteiger partial charge in [0.1, 0.15) is 11.4 Å². The number of ether oxygens (including phenoxy) is 3. The summed E-state index contributed by atoms with van der Waals surface area (Å²) in [5.41, 5.74) is 2.85. The Morgan fingerprint density at radius 3 is 2.70 bits per heavy atom. The number of hydrogen-bond acceptors (Lipinski definition) is 9. The number of benzene rings is 2. The first kappa shape index (κ1) is 40.1. The summed E-state index contributed by atoms with van der Waals surface area (Å²) in [4.78, 5) is 21.5. The zero-order chi connectivity index (χ0) is 39.1. The molecule has 2 aliphatic carbocycles. The van der Waals surface area contributed by atoms with E-state index < -0.39 is 26.8 Å². The Hall–Kier alpha value is -2.67. The van der Waals surface area contributed by atoms with Crippen molar-refractivity contribution >= 4 is 33.2 Å². The average molecular weight is 810 g/mol. The molecule has 6 aliphatic rings. The normalized spacial score (nSPS) is 34.2. The molecule has 2 aromatic carbocycles. The molecule has 0 aromatic heterocycles. The second-order valence-electron chi connectivity index (χ2n) is 17.7. The van der Waals surface area contributed by atoms with Gasteiger partial charge in [-0.05, 0) is 124 Å². The Bertz CT molecular complexity index is 1890. The monoisotopic (exact) mass is 808 g/mol. The van der Waals surface area contributed by atoms with E-state index in [0.717, 1.165) is 75.5 Å². The highest BCUT2D eigenvalue weighted by Gasteiger charge is 2.51. The number of piperidine rings is 1. The van der Waals surface area contributed by atoms with Gasteiger partial charge in [-0.1, -0.05) is 43.2 Å². The number of anilines is 1. The molecule has 8 rings (SSSR count). The van der Waals surface area contributed by atoms with Crippen LogP contribution in [-0.2, 0) is 31.3 Å². The third kappa shape index (κ3) is 8.02. The molecule has 1 amide bonds. The van der Waals surface area contributed by atoms with Gasteiger partial charge in [0.15, 0.2) is 0 Å². The van der Waals surface area contributed by atoms with Crippen molar-refractivity contribution < 1.29 is 27.4 Å². The highest BCUT2D eigenvalue weighted by molar-refractivity contribution is 7.90. The number of aryl methyl sites for hydroxylation is 1. The average Bonchev–Trinajstić information content (AvgIpc) is 3.32. The summed E-state index contributed by atoms with van der Waals surface area (Å²) in [5.74, 6) is 0.420. The Balaban J connectivity index is 1.20. The predicted octanol–water partition coefficient (Wildman–Crippen LogP) is 6.46. The van der Waals surface area contributed by atoms with Crippen molar-refractivity contribution in [3.8, 4) is 5.75 Å². The maximum atomic E-state index is 13.7. The van der Waals surface area contributed by atoms with Gasteiger partial charge in [0.05, 0.1) is 30.8 Å². The van der Waals surface area contributed by atoms with Crippen molar-refractivity contribution in [2.24, 2.45) is 17.8 Å². The van der Waals surface area contributed by atoms with Gasteiger partial charge in [-0.25, -0.2) is 13.1 Å². The lowest BCUT2D eigenvalue weighted by Gasteiger charge is -2.53. The van der Waals surface area contributed by atoms with Crippen molar-refractivity contribution in [1.82, 2.24) is 14.5 Å². The van der Waals surface area contributed by atoms with Gasteiger partial charge in [0.2, 0.25) is 10.0 Å². The molecule has 3 fully saturated rings. The molecule has 1 saturated carbocycles. The fourth-order valence-electron chi connectivity index (χ4n) is 10.8. The van der Waals surface area contributed by atoms with E-state index in [2.05, 4.69) is 43.7 Å². The van der Waals surface area contributed by atoms with Crippen LogP contribution in [0.1, 0.15) is 86.7 Å². The number of carbonyl (C=O) groups excluding carboxylic acids is 1. The summed E-state index contributed by atoms with van der Waals surface area (Å²) in [7, 11) is -2.25. The van der Waals surface area contributed by atoms with Crippen LogP contribution >= 0.6 is 11.6 Å². The third-order valence-corrected chi connectivity index (χ3v) is 16.4. The second-order valence-corrected chi connectivity index (χ2v) is 20.2. The van der Waals surface area contributed by atoms with Crippen LogP contribution in [0, 0.1) is 17.8 Å². The molecule has 306 valence electrons. The van der Waals surface area contributed by atoms with Gasteiger partial charge >= 0.3 is 0 Å². The lowest BCUT2D eigenvalue weighted by atomic mass is 9.63. The summed E-state index contributed by atoms with van der Waals surface area (Å²) in [6.45, 7) is 11.7. The summed E-state index contributed by atoms with van der Waals surface area (Å²) >= 11 is 6.54. The van der Waals surface area contributed by atoms with Crippen LogP contribution in [0.25, 0.3) is 0 Å². The van der Waals surface area contributed by atoms with E-state index in [1.165, 1.54) is 36.9 Å². The van der Waals surface area contributed by atoms with E-state index in [9.17, 15) is 13.2 Å².